The molecular formula is C23H19F4N3O7. The molecule has 196 valence electrons. The number of rotatable bonds is 8. The monoisotopic (exact) mass is 525 g/mol. The zero-order valence-corrected chi connectivity index (χ0v) is 19.5. The van der Waals surface area contributed by atoms with E-state index in [1.165, 1.54) is 31.2 Å². The summed E-state index contributed by atoms with van der Waals surface area (Å²) in [5.41, 5.74) is -6.43. The van der Waals surface area contributed by atoms with Gasteiger partial charge in [0, 0.05) is 19.2 Å². The second kappa shape index (κ2) is 10.2. The maximum absolute atomic E-state index is 14.9. The van der Waals surface area contributed by atoms with Crippen LogP contribution in [-0.2, 0) is 18.0 Å². The van der Waals surface area contributed by atoms with Crippen LogP contribution in [0.3, 0.4) is 0 Å². The third-order valence-electron chi connectivity index (χ3n) is 5.24. The average molecular weight is 525 g/mol. The van der Waals surface area contributed by atoms with Gasteiger partial charge in [-0.05, 0) is 25.5 Å². The van der Waals surface area contributed by atoms with Crippen molar-refractivity contribution in [2.45, 2.75) is 32.5 Å². The predicted octanol–water partition coefficient (Wildman–Crippen LogP) is 4.14. The number of benzene rings is 2. The fraction of sp³-hybridized carbons (Fsp3) is 0.261. The van der Waals surface area contributed by atoms with Crippen LogP contribution >= 0.6 is 0 Å². The second-order valence-corrected chi connectivity index (χ2v) is 7.75. The smallest absolute Gasteiger partial charge is 0.431 e. The molecule has 1 heterocycles. The Morgan fingerprint density at radius 1 is 1.11 bits per heavy atom. The molecule has 0 bridgehead atoms. The molecule has 0 amide bonds. The van der Waals surface area contributed by atoms with Crippen LogP contribution < -0.4 is 20.7 Å². The van der Waals surface area contributed by atoms with Crippen LogP contribution in [0.25, 0.3) is 5.69 Å². The first kappa shape index (κ1) is 27.1. The Labute approximate surface area is 205 Å². The molecule has 37 heavy (non-hydrogen) atoms. The zero-order chi connectivity index (χ0) is 27.7. The van der Waals surface area contributed by atoms with Crippen molar-refractivity contribution < 1.29 is 36.8 Å². The Bertz CT molecular complexity index is 1500. The first-order chi connectivity index (χ1) is 17.3. The fourth-order valence-corrected chi connectivity index (χ4v) is 3.40. The van der Waals surface area contributed by atoms with E-state index in [9.17, 15) is 42.1 Å². The minimum absolute atomic E-state index is 0.00679. The summed E-state index contributed by atoms with van der Waals surface area (Å²) in [6.45, 7) is 2.99. The minimum atomic E-state index is -5.05. The first-order valence-electron chi connectivity index (χ1n) is 10.6. The number of halogens is 4. The number of ketones is 1. The van der Waals surface area contributed by atoms with Gasteiger partial charge in [0.15, 0.2) is 29.2 Å². The van der Waals surface area contributed by atoms with Crippen molar-refractivity contribution in [2.24, 2.45) is 7.05 Å². The molecule has 0 spiro atoms. The van der Waals surface area contributed by atoms with E-state index in [1.807, 2.05) is 0 Å². The van der Waals surface area contributed by atoms with Crippen LogP contribution in [0.2, 0.25) is 0 Å². The Morgan fingerprint density at radius 3 is 2.27 bits per heavy atom. The standard InChI is InChI=1S/C23H19F4N3O7/c1-4-16(12(2)31)36-17-7-5-6-8-18(17)37-19-10-14(13(24)9-15(19)30(34)35)29-21(32)11-20(23(25,26)27)28(3)22(29)33/h5-11,16H,4H2,1-3H3. The zero-order valence-electron chi connectivity index (χ0n) is 19.5. The summed E-state index contributed by atoms with van der Waals surface area (Å²) in [6.07, 6.45) is -5.61. The van der Waals surface area contributed by atoms with Crippen LogP contribution in [0.15, 0.2) is 52.1 Å². The third-order valence-corrected chi connectivity index (χ3v) is 5.24. The van der Waals surface area contributed by atoms with Crippen molar-refractivity contribution in [1.82, 2.24) is 9.13 Å². The van der Waals surface area contributed by atoms with Crippen LogP contribution in [0, 0.1) is 15.9 Å². The van der Waals surface area contributed by atoms with Crippen molar-refractivity contribution >= 4 is 11.5 Å². The molecule has 0 aliphatic carbocycles. The van der Waals surface area contributed by atoms with Gasteiger partial charge in [-0.2, -0.15) is 13.2 Å². The van der Waals surface area contributed by atoms with Gasteiger partial charge in [0.05, 0.1) is 16.7 Å². The van der Waals surface area contributed by atoms with Gasteiger partial charge in [-0.25, -0.2) is 13.8 Å². The number of aromatic nitrogens is 2. The average Bonchev–Trinajstić information content (AvgIpc) is 2.81. The lowest BCUT2D eigenvalue weighted by Gasteiger charge is -2.18. The first-order valence-corrected chi connectivity index (χ1v) is 10.6. The molecule has 0 saturated heterocycles. The molecule has 0 fully saturated rings. The van der Waals surface area contributed by atoms with Gasteiger partial charge >= 0.3 is 17.6 Å². The van der Waals surface area contributed by atoms with E-state index in [-0.39, 0.29) is 32.5 Å². The number of alkyl halides is 3. The number of nitro groups is 1. The highest BCUT2D eigenvalue weighted by Crippen LogP contribution is 2.38. The number of nitrogens with zero attached hydrogens (tertiary/aromatic N) is 3. The fourth-order valence-electron chi connectivity index (χ4n) is 3.40. The lowest BCUT2D eigenvalue weighted by atomic mass is 10.2. The third kappa shape index (κ3) is 5.52. The van der Waals surface area contributed by atoms with E-state index in [2.05, 4.69) is 0 Å². The number of carbonyl (C=O) groups is 1. The van der Waals surface area contributed by atoms with Crippen molar-refractivity contribution in [2.75, 3.05) is 0 Å². The van der Waals surface area contributed by atoms with Crippen LogP contribution in [0.5, 0.6) is 17.2 Å². The van der Waals surface area contributed by atoms with Gasteiger partial charge in [0.25, 0.3) is 5.56 Å². The maximum atomic E-state index is 14.9. The molecule has 3 aromatic rings. The van der Waals surface area contributed by atoms with Gasteiger partial charge < -0.3 is 9.47 Å². The molecule has 3 rings (SSSR count). The number of hydrogen-bond donors (Lipinski definition) is 0. The summed E-state index contributed by atoms with van der Waals surface area (Å²) in [5.74, 6) is -2.51. The lowest BCUT2D eigenvalue weighted by Crippen LogP contribution is -2.41. The van der Waals surface area contributed by atoms with E-state index < -0.39 is 57.1 Å². The summed E-state index contributed by atoms with van der Waals surface area (Å²) in [5, 5.41) is 11.6. The summed E-state index contributed by atoms with van der Waals surface area (Å²) in [4.78, 5) is 47.4. The molecule has 0 aliphatic heterocycles. The molecule has 0 radical (unpaired) electrons. The molecule has 0 aliphatic rings. The lowest BCUT2D eigenvalue weighted by molar-refractivity contribution is -0.385. The second-order valence-electron chi connectivity index (χ2n) is 7.75. The van der Waals surface area contributed by atoms with Gasteiger partial charge in [-0.1, -0.05) is 19.1 Å². The molecule has 0 N–H and O–H groups in total. The molecule has 0 saturated carbocycles. The molecule has 10 nitrogen and oxygen atoms in total. The summed E-state index contributed by atoms with van der Waals surface area (Å²) < 4.78 is 65.8. The molecule has 1 atom stereocenters. The van der Waals surface area contributed by atoms with Gasteiger partial charge in [0.2, 0.25) is 5.75 Å². The van der Waals surface area contributed by atoms with E-state index in [0.29, 0.717) is 18.6 Å². The minimum Gasteiger partial charge on any atom is -0.479 e. The van der Waals surface area contributed by atoms with E-state index >= 15 is 0 Å². The number of Topliss-reactive ketones (excluding diaryl/α,β-unsaturated/α-hetero) is 1. The van der Waals surface area contributed by atoms with Gasteiger partial charge in [-0.3, -0.25) is 24.3 Å². The number of carbonyl (C=O) groups excluding carboxylic acids is 1. The van der Waals surface area contributed by atoms with Crippen molar-refractivity contribution in [3.8, 4) is 22.9 Å². The van der Waals surface area contributed by atoms with Gasteiger partial charge in [0.1, 0.15) is 5.69 Å². The maximum Gasteiger partial charge on any atom is 0.431 e. The molecule has 1 aromatic heterocycles. The number of nitro benzene ring substituents is 1. The molecular weight excluding hydrogens is 506 g/mol. The molecule has 14 heteroatoms. The van der Waals surface area contributed by atoms with Crippen LogP contribution in [-0.4, -0.2) is 25.9 Å². The van der Waals surface area contributed by atoms with Crippen molar-refractivity contribution in [1.29, 1.82) is 0 Å². The topological polar surface area (TPSA) is 123 Å². The number of hydrogen-bond acceptors (Lipinski definition) is 7. The predicted molar refractivity (Wildman–Crippen MR) is 121 cm³/mol. The summed E-state index contributed by atoms with van der Waals surface area (Å²) in [7, 11) is 0.731. The van der Waals surface area contributed by atoms with E-state index in [0.717, 1.165) is 7.05 Å². The Morgan fingerprint density at radius 2 is 1.73 bits per heavy atom. The number of ether oxygens (including phenoxy) is 2. The summed E-state index contributed by atoms with van der Waals surface area (Å²) in [6, 6.07) is 6.85. The van der Waals surface area contributed by atoms with E-state index in [1.54, 1.807) is 6.92 Å². The highest BCUT2D eigenvalue weighted by Gasteiger charge is 2.35. The van der Waals surface area contributed by atoms with Crippen LogP contribution in [0.4, 0.5) is 23.2 Å². The van der Waals surface area contributed by atoms with Crippen molar-refractivity contribution in [3.63, 3.8) is 0 Å². The SMILES string of the molecule is CCC(Oc1ccccc1Oc1cc(-n2c(=O)cc(C(F)(F)F)n(C)c2=O)c(F)cc1[N+](=O)[O-])C(C)=O. The van der Waals surface area contributed by atoms with Gasteiger partial charge in [-0.15, -0.1) is 0 Å². The molecule has 2 aromatic carbocycles. The largest absolute Gasteiger partial charge is 0.479 e. The van der Waals surface area contributed by atoms with Crippen LogP contribution in [0.1, 0.15) is 26.0 Å². The highest BCUT2D eigenvalue weighted by molar-refractivity contribution is 5.80. The molecule has 1 unspecified atom stereocenters. The Hall–Kier alpha value is -4.49. The normalized spacial score (nSPS) is 12.2. The quantitative estimate of drug-likeness (QED) is 0.246. The highest BCUT2D eigenvalue weighted by atomic mass is 19.4. The Balaban J connectivity index is 2.20. The van der Waals surface area contributed by atoms with E-state index in [4.69, 9.17) is 9.47 Å². The van der Waals surface area contributed by atoms with Crippen molar-refractivity contribution in [3.05, 3.63) is 84.9 Å². The Kier molecular flexibility index (Phi) is 7.50. The summed E-state index contributed by atoms with van der Waals surface area (Å²) >= 11 is 0. The number of para-hydroxylation sites is 2.